The molecule has 0 spiro atoms. The molecule has 76 heavy (non-hydrogen) atoms. The van der Waals surface area contributed by atoms with Crippen molar-refractivity contribution in [2.45, 2.75) is 75.2 Å². The zero-order chi connectivity index (χ0) is 53.0. The summed E-state index contributed by atoms with van der Waals surface area (Å²) < 4.78 is 20.6. The zero-order valence-electron chi connectivity index (χ0n) is 42.9. The van der Waals surface area contributed by atoms with E-state index in [4.69, 9.17) is 29.3 Å². The molecule has 20 nitrogen and oxygen atoms in total. The van der Waals surface area contributed by atoms with Gasteiger partial charge in [-0.25, -0.2) is 19.6 Å². The molecule has 4 aliphatic rings. The molecule has 1 aliphatic carbocycles. The fourth-order valence-electron chi connectivity index (χ4n) is 10.6. The van der Waals surface area contributed by atoms with Crippen LogP contribution in [0.5, 0.6) is 5.75 Å². The molecule has 0 unspecified atom stereocenters. The number of carbonyl (C=O) groups is 4. The normalized spacial score (nSPS) is 17.9. The van der Waals surface area contributed by atoms with E-state index in [1.54, 1.807) is 31.0 Å². The molecule has 1 atom stereocenters. The minimum atomic E-state index is -1.30. The number of rotatable bonds is 17. The van der Waals surface area contributed by atoms with Crippen LogP contribution in [0.3, 0.4) is 0 Å². The number of nitrogens with one attached hydrogen (secondary N) is 5. The van der Waals surface area contributed by atoms with Crippen molar-refractivity contribution in [3.05, 3.63) is 112 Å². The van der Waals surface area contributed by atoms with Crippen LogP contribution in [0.25, 0.3) is 32.9 Å². The summed E-state index contributed by atoms with van der Waals surface area (Å²) in [5.74, 6) is 6.78. The number of anilines is 2. The zero-order valence-corrected chi connectivity index (χ0v) is 42.9. The first-order valence-corrected chi connectivity index (χ1v) is 25.9. The van der Waals surface area contributed by atoms with E-state index in [1.165, 1.54) is 4.90 Å². The summed E-state index contributed by atoms with van der Waals surface area (Å²) in [7, 11) is 3.29. The van der Waals surface area contributed by atoms with Crippen LogP contribution in [0, 0.1) is 11.8 Å². The van der Waals surface area contributed by atoms with Crippen LogP contribution in [0.15, 0.2) is 90.0 Å². The molecule has 3 saturated heterocycles. The highest BCUT2D eigenvalue weighted by molar-refractivity contribution is 6.06. The molecular weight excluding hydrogens is 971 g/mol. The lowest BCUT2D eigenvalue weighted by atomic mass is 9.87. The smallest absolute Gasteiger partial charge is 0.405 e. The van der Waals surface area contributed by atoms with E-state index in [0.717, 1.165) is 97.7 Å². The SMILES string of the molecule is COc1ccc(C#CCNC2(C)CCN(C3CCN(c4nc([C@@](COCNC(=O)CNC(=O)O)(OC5CC5)c5ccccc5)c5cc(-c6cn(C)c(=O)c7[nH]ccc67)ccc5n4)CC3)CC2)cc1N1CCC(=O)NC1=O. The van der Waals surface area contributed by atoms with Crippen molar-refractivity contribution < 1.29 is 38.5 Å². The number of pyridine rings is 1. The first-order valence-electron chi connectivity index (χ1n) is 25.9. The molecule has 3 aliphatic heterocycles. The molecule has 4 fully saturated rings. The van der Waals surface area contributed by atoms with E-state index in [1.807, 2.05) is 66.9 Å². The topological polar surface area (TPSA) is 238 Å². The number of imide groups is 1. The first-order chi connectivity index (χ1) is 36.8. The number of aryl methyl sites for hydroxylation is 1. The van der Waals surface area contributed by atoms with Crippen molar-refractivity contribution >= 4 is 57.4 Å². The molecule has 6 heterocycles. The van der Waals surface area contributed by atoms with Gasteiger partial charge in [0.15, 0.2) is 5.60 Å². The summed E-state index contributed by atoms with van der Waals surface area (Å²) in [4.78, 5) is 81.4. The van der Waals surface area contributed by atoms with Crippen LogP contribution in [0.1, 0.15) is 68.7 Å². The first kappa shape index (κ1) is 51.6. The number of aromatic amines is 1. The van der Waals surface area contributed by atoms with Gasteiger partial charge in [0.1, 0.15) is 24.5 Å². The molecule has 3 aromatic heterocycles. The van der Waals surface area contributed by atoms with E-state index in [9.17, 15) is 24.0 Å². The Kier molecular flexibility index (Phi) is 15.1. The van der Waals surface area contributed by atoms with Gasteiger partial charge in [-0.15, -0.1) is 0 Å². The molecule has 1 saturated carbocycles. The number of piperidine rings is 2. The van der Waals surface area contributed by atoms with Gasteiger partial charge in [0.25, 0.3) is 5.56 Å². The summed E-state index contributed by atoms with van der Waals surface area (Å²) >= 11 is 0. The number of carboxylic acid groups (broad SMARTS) is 1. The number of methoxy groups -OCH3 is 1. The van der Waals surface area contributed by atoms with Crippen molar-refractivity contribution in [1.29, 1.82) is 0 Å². The van der Waals surface area contributed by atoms with E-state index in [-0.39, 0.29) is 49.4 Å². The molecule has 6 N–H and O–H groups in total. The van der Waals surface area contributed by atoms with Crippen LogP contribution in [0.2, 0.25) is 0 Å². The van der Waals surface area contributed by atoms with Crippen LogP contribution < -0.4 is 41.4 Å². The number of benzene rings is 3. The van der Waals surface area contributed by atoms with Crippen molar-refractivity contribution in [2.24, 2.45) is 7.05 Å². The Morgan fingerprint density at radius 3 is 2.45 bits per heavy atom. The van der Waals surface area contributed by atoms with Crippen molar-refractivity contribution in [3.63, 3.8) is 0 Å². The number of H-pyrrole nitrogens is 1. The van der Waals surface area contributed by atoms with E-state index in [0.29, 0.717) is 46.7 Å². The van der Waals surface area contributed by atoms with Crippen molar-refractivity contribution in [2.75, 3.05) is 76.1 Å². The molecule has 20 heteroatoms. The van der Waals surface area contributed by atoms with Gasteiger partial charge in [0, 0.05) is 92.1 Å². The number of fused-ring (bicyclic) bond motifs is 2. The number of aromatic nitrogens is 4. The van der Waals surface area contributed by atoms with Crippen LogP contribution >= 0.6 is 0 Å². The Bertz CT molecular complexity index is 3280. The highest BCUT2D eigenvalue weighted by Crippen LogP contribution is 2.44. The molecule has 5 amide bonds. The second-order valence-corrected chi connectivity index (χ2v) is 20.2. The van der Waals surface area contributed by atoms with E-state index >= 15 is 0 Å². The maximum atomic E-state index is 13.1. The second kappa shape index (κ2) is 22.2. The summed E-state index contributed by atoms with van der Waals surface area (Å²) in [6.45, 7) is 5.73. The number of amides is 5. The Balaban J connectivity index is 0.873. The van der Waals surface area contributed by atoms with Crippen LogP contribution in [-0.2, 0) is 31.7 Å². The van der Waals surface area contributed by atoms with E-state index < -0.39 is 30.2 Å². The number of nitrogens with zero attached hydrogens (tertiary/aromatic N) is 6. The lowest BCUT2D eigenvalue weighted by Gasteiger charge is -2.45. The predicted octanol–water partition coefficient (Wildman–Crippen LogP) is 5.18. The fraction of sp³-hybridized carbons (Fsp3) is 0.411. The lowest BCUT2D eigenvalue weighted by molar-refractivity contribution is -0.124. The summed E-state index contributed by atoms with van der Waals surface area (Å²) in [6.07, 6.45) is 7.92. The minimum Gasteiger partial charge on any atom is -0.495 e. The van der Waals surface area contributed by atoms with Crippen LogP contribution in [-0.4, -0.2) is 137 Å². The number of hydrogen-bond donors (Lipinski definition) is 6. The maximum Gasteiger partial charge on any atom is 0.405 e. The minimum absolute atomic E-state index is 0.0380. The predicted molar refractivity (Wildman–Crippen MR) is 286 cm³/mol. The third kappa shape index (κ3) is 11.2. The summed E-state index contributed by atoms with van der Waals surface area (Å²) in [5.41, 5.74) is 4.16. The maximum absolute atomic E-state index is 13.1. The van der Waals surface area contributed by atoms with E-state index in [2.05, 4.69) is 60.9 Å². The summed E-state index contributed by atoms with van der Waals surface area (Å²) in [5, 5.41) is 21.4. The Morgan fingerprint density at radius 2 is 1.71 bits per heavy atom. The molecule has 396 valence electrons. The van der Waals surface area contributed by atoms with Gasteiger partial charge in [-0.3, -0.25) is 24.6 Å². The highest BCUT2D eigenvalue weighted by atomic mass is 16.6. The van der Waals surface area contributed by atoms with Crippen molar-refractivity contribution in [3.8, 4) is 28.7 Å². The Hall–Kier alpha value is -7.83. The molecule has 3 aromatic carbocycles. The van der Waals surface area contributed by atoms with Crippen LogP contribution in [0.4, 0.5) is 21.2 Å². The highest BCUT2D eigenvalue weighted by Gasteiger charge is 2.45. The van der Waals surface area contributed by atoms with Gasteiger partial charge in [0.05, 0.1) is 43.3 Å². The quantitative estimate of drug-likeness (QED) is 0.0393. The van der Waals surface area contributed by atoms with Gasteiger partial charge in [-0.05, 0) is 93.0 Å². The number of ether oxygens (including phenoxy) is 3. The van der Waals surface area contributed by atoms with Gasteiger partial charge in [-0.2, -0.15) is 0 Å². The second-order valence-electron chi connectivity index (χ2n) is 20.2. The molecule has 0 radical (unpaired) electrons. The molecule has 6 aromatic rings. The van der Waals surface area contributed by atoms with Gasteiger partial charge < -0.3 is 54.6 Å². The number of urea groups is 1. The Labute approximate surface area is 439 Å². The van der Waals surface area contributed by atoms with Gasteiger partial charge in [-0.1, -0.05) is 48.2 Å². The fourth-order valence-corrected chi connectivity index (χ4v) is 10.6. The average molecular weight is 1030 g/mol. The van der Waals surface area contributed by atoms with Gasteiger partial charge in [0.2, 0.25) is 17.8 Å². The lowest BCUT2D eigenvalue weighted by Crippen LogP contribution is -2.55. The number of carbonyl (C=O) groups excluding carboxylic acids is 3. The Morgan fingerprint density at radius 1 is 0.921 bits per heavy atom. The number of hydrogen-bond acceptors (Lipinski definition) is 13. The monoisotopic (exact) mass is 1030 g/mol. The summed E-state index contributed by atoms with van der Waals surface area (Å²) in [6, 6.07) is 23.2. The largest absolute Gasteiger partial charge is 0.495 e. The third-order valence-corrected chi connectivity index (χ3v) is 15.0. The third-order valence-electron chi connectivity index (χ3n) is 15.0. The molecule has 0 bridgehead atoms. The average Bonchev–Trinajstić information content (AvgIpc) is 4.12. The standard InChI is InChI=1S/C56H63N11O9/c1-55(60-23-7-8-36-11-16-46(74-3)45(30-36)67-27-20-47(68)62-53(67)71)21-28-65(29-22-55)39-18-25-66(26-19-39)52-61-44-15-12-37(43-33-64(2)51(70)49-41(43)17-24-57-49)31-42(44)50(63-52)56(76-40-13-14-40,38-9-5-4-6-10-38)34-75-35-59-48(69)32-58-54(72)73/h4-6,9-12,15-17,24,30-31,33,39-40,57-58,60H,13-14,18-23,25-29,32,34-35H2,1-3H3,(H,59,69)(H,72,73)(H,62,68,71)/t56-/m0/s1. The molecule has 10 rings (SSSR count). The molecular formula is C56H63N11O9. The van der Waals surface area contributed by atoms with Gasteiger partial charge >= 0.3 is 12.1 Å². The van der Waals surface area contributed by atoms with Crippen molar-refractivity contribution in [1.82, 2.24) is 45.7 Å². The number of likely N-dealkylation sites (tertiary alicyclic amines) is 1.